The molecule has 0 N–H and O–H groups in total. The van der Waals surface area contributed by atoms with Gasteiger partial charge in [0.1, 0.15) is 0 Å². The van der Waals surface area contributed by atoms with Crippen molar-refractivity contribution in [1.29, 1.82) is 0 Å². The van der Waals surface area contributed by atoms with Gasteiger partial charge >= 0.3 is 0 Å². The maximum Gasteiger partial charge on any atom is 0.279 e. The van der Waals surface area contributed by atoms with Crippen LogP contribution >= 0.6 is 11.7 Å². The molecular weight excluding hydrogens is 1130 g/mol. The molecule has 10 aromatic carbocycles. The van der Waals surface area contributed by atoms with Gasteiger partial charge in [0.15, 0.2) is 0 Å². The van der Waals surface area contributed by atoms with E-state index in [0.29, 0.717) is 0 Å². The van der Waals surface area contributed by atoms with Crippen LogP contribution in [-0.2, 0) is 21.7 Å². The van der Waals surface area contributed by atoms with Crippen LogP contribution in [0.5, 0.6) is 0 Å². The summed E-state index contributed by atoms with van der Waals surface area (Å²) in [6.45, 7) is 28.2. The highest BCUT2D eigenvalue weighted by Crippen LogP contribution is 2.47. The zero-order chi connectivity index (χ0) is 63.7. The highest BCUT2D eigenvalue weighted by molar-refractivity contribution is 7.00. The van der Waals surface area contributed by atoms with E-state index in [0.717, 1.165) is 137 Å². The van der Waals surface area contributed by atoms with E-state index in [4.69, 9.17) is 18.7 Å². The number of rotatable bonds is 24. The molecule has 0 saturated carbocycles. The van der Waals surface area contributed by atoms with Crippen molar-refractivity contribution in [3.8, 4) is 22.3 Å². The molecule has 2 aromatic heterocycles. The van der Waals surface area contributed by atoms with Gasteiger partial charge in [-0.1, -0.05) is 256 Å². The first-order valence-corrected chi connectivity index (χ1v) is 34.6. The van der Waals surface area contributed by atoms with Crippen LogP contribution in [0.3, 0.4) is 0 Å². The average Bonchev–Trinajstić information content (AvgIpc) is 1.65. The molecule has 0 unspecified atom stereocenters. The minimum absolute atomic E-state index is 0.0796. The lowest BCUT2D eigenvalue weighted by molar-refractivity contribution is 0.458. The highest BCUT2D eigenvalue weighted by atomic mass is 32.1. The van der Waals surface area contributed by atoms with E-state index in [9.17, 15) is 0 Å². The molecule has 0 aliphatic heterocycles. The Hall–Kier alpha value is -8.26. The van der Waals surface area contributed by atoms with E-state index in [1.807, 2.05) is 0 Å². The third-order valence-corrected chi connectivity index (χ3v) is 20.6. The molecular formula is C84H92N6S. The van der Waals surface area contributed by atoms with E-state index in [-0.39, 0.29) is 21.7 Å². The van der Waals surface area contributed by atoms with E-state index >= 15 is 0 Å². The average molecular weight is 1220 g/mol. The second-order valence-electron chi connectivity index (χ2n) is 28.3. The van der Waals surface area contributed by atoms with Gasteiger partial charge in [-0.05, 0) is 164 Å². The minimum atomic E-state index is 0.0796. The fourth-order valence-corrected chi connectivity index (χ4v) is 14.6. The number of anilines is 6. The van der Waals surface area contributed by atoms with Crippen LogP contribution in [-0.4, -0.2) is 14.3 Å². The minimum Gasteiger partial charge on any atom is -0.311 e. The first kappa shape index (κ1) is 62.9. The topological polar surface area (TPSA) is 59.3 Å². The Bertz CT molecular complexity index is 4070. The summed E-state index contributed by atoms with van der Waals surface area (Å²) < 4.78 is 10.4. The quantitative estimate of drug-likeness (QED) is 0.0341. The van der Waals surface area contributed by atoms with Gasteiger partial charge in [-0.3, -0.25) is 0 Å². The molecule has 0 fully saturated rings. The summed E-state index contributed by atoms with van der Waals surface area (Å²) in [5, 5.41) is 4.45. The van der Waals surface area contributed by atoms with E-state index in [2.05, 4.69) is 287 Å². The zero-order valence-corrected chi connectivity index (χ0v) is 56.9. The summed E-state index contributed by atoms with van der Waals surface area (Å²) in [4.78, 5) is 16.5. The Balaban J connectivity index is 1.01. The van der Waals surface area contributed by atoms with Crippen molar-refractivity contribution < 1.29 is 0 Å². The van der Waals surface area contributed by atoms with Crippen LogP contribution in [0.25, 0.3) is 76.9 Å². The summed E-state index contributed by atoms with van der Waals surface area (Å²) in [5.41, 5.74) is 21.2. The van der Waals surface area contributed by atoms with Gasteiger partial charge in [0.25, 0.3) is 11.7 Å². The van der Waals surface area contributed by atoms with Gasteiger partial charge in [0.2, 0.25) is 0 Å². The summed E-state index contributed by atoms with van der Waals surface area (Å²) in [7, 11) is 0. The van der Waals surface area contributed by atoms with Gasteiger partial charge < -0.3 is 9.80 Å². The van der Waals surface area contributed by atoms with Gasteiger partial charge in [0, 0.05) is 67.1 Å². The number of aromatic nitrogens is 4. The third kappa shape index (κ3) is 12.5. The number of benzene rings is 10. The van der Waals surface area contributed by atoms with Crippen molar-refractivity contribution >= 4 is 100 Å². The molecule has 7 heteroatoms. The summed E-state index contributed by atoms with van der Waals surface area (Å²) in [6.07, 6.45) is 14.2. The largest absolute Gasteiger partial charge is 0.311 e. The smallest absolute Gasteiger partial charge is 0.279 e. The number of nitrogens with zero attached hydrogens (tertiary/aromatic N) is 6. The van der Waals surface area contributed by atoms with Gasteiger partial charge in [-0.2, -0.15) is 8.75 Å². The zero-order valence-electron chi connectivity index (χ0n) is 56.1. The highest BCUT2D eigenvalue weighted by Gasteiger charge is 2.28. The second-order valence-corrected chi connectivity index (χ2v) is 28.9. The lowest BCUT2D eigenvalue weighted by Crippen LogP contribution is -2.18. The van der Waals surface area contributed by atoms with Gasteiger partial charge in [0.05, 0.1) is 22.1 Å². The Morgan fingerprint density at radius 3 is 0.901 bits per heavy atom. The fourth-order valence-electron chi connectivity index (χ4n) is 14.0. The molecule has 0 aliphatic carbocycles. The Morgan fingerprint density at radius 2 is 0.593 bits per heavy atom. The number of hydrogen-bond acceptors (Lipinski definition) is 5. The van der Waals surface area contributed by atoms with Gasteiger partial charge in [-0.15, -0.1) is 0 Å². The van der Waals surface area contributed by atoms with E-state index in [1.54, 1.807) is 0 Å². The van der Waals surface area contributed by atoms with E-state index in [1.165, 1.54) is 85.3 Å². The molecule has 6 nitrogen and oxygen atoms in total. The molecule has 464 valence electrons. The third-order valence-electron chi connectivity index (χ3n) is 20.1. The molecule has 91 heavy (non-hydrogen) atoms. The molecule has 0 spiro atoms. The Labute approximate surface area is 546 Å². The molecule has 0 amide bonds. The second kappa shape index (κ2) is 26.2. The standard InChI is InChI=1S/C84H92N6S/c1-13-17-53-81(5,6)59-33-45-65(46-34-59)89(66-47-35-60(36-48-66)82(7,8)54-18-14-2)63-41-29-57(30-42-63)73-77-78(86-76-72-28-24-22-26-70(72)69-25-21-23-27-71(69)75(76)85-77)74(80-79(73)87-91-88-80)58-31-43-64(44-32-58)90(67-49-37-61(38-50-67)83(9,10)55-19-15-3)68-51-39-62(40-52-68)84(11,12)56-20-16-4/h21-52H,13-20,53-56H2,1-12H3. The molecule has 12 aromatic rings. The molecule has 2 heterocycles. The lowest BCUT2D eigenvalue weighted by Gasteiger charge is -2.30. The van der Waals surface area contributed by atoms with Crippen LogP contribution in [0.2, 0.25) is 0 Å². The van der Waals surface area contributed by atoms with E-state index < -0.39 is 0 Å². The lowest BCUT2D eigenvalue weighted by atomic mass is 9.80. The Kier molecular flexibility index (Phi) is 18.1. The molecule has 0 saturated heterocycles. The molecule has 0 aliphatic rings. The van der Waals surface area contributed by atoms with Crippen LogP contribution in [0.4, 0.5) is 34.1 Å². The van der Waals surface area contributed by atoms with Crippen molar-refractivity contribution in [3.63, 3.8) is 0 Å². The molecule has 12 rings (SSSR count). The summed E-state index contributed by atoms with van der Waals surface area (Å²) in [6, 6.07) is 72.6. The molecule has 0 radical (unpaired) electrons. The fraction of sp³-hybridized carbons (Fsp3) is 0.333. The van der Waals surface area contributed by atoms with Crippen molar-refractivity contribution in [3.05, 3.63) is 216 Å². The number of fused-ring (bicyclic) bond motifs is 8. The van der Waals surface area contributed by atoms with Crippen molar-refractivity contribution in [2.24, 2.45) is 0 Å². The summed E-state index contributed by atoms with van der Waals surface area (Å²) in [5.74, 6) is 0. The number of hydrogen-bond donors (Lipinski definition) is 0. The maximum atomic E-state index is 5.86. The van der Waals surface area contributed by atoms with Crippen molar-refractivity contribution in [2.75, 3.05) is 9.80 Å². The molecule has 0 bridgehead atoms. The van der Waals surface area contributed by atoms with Crippen LogP contribution in [0.15, 0.2) is 194 Å². The van der Waals surface area contributed by atoms with Crippen LogP contribution in [0.1, 0.15) is 182 Å². The maximum absolute atomic E-state index is 5.86. The number of unbranched alkanes of at least 4 members (excludes halogenated alkanes) is 4. The normalized spacial score (nSPS) is 12.5. The Morgan fingerprint density at radius 1 is 0.319 bits per heavy atom. The van der Waals surface area contributed by atoms with Crippen LogP contribution in [0, 0.1) is 0 Å². The van der Waals surface area contributed by atoms with Gasteiger partial charge in [-0.25, -0.2) is 9.97 Å². The first-order chi connectivity index (χ1) is 43.9. The van der Waals surface area contributed by atoms with Crippen LogP contribution < -0.4 is 14.2 Å². The SMILES string of the molecule is CCCCC(C)(C)c1ccc(N(c2ccc(-c3c4nc5c6ccccc6c6ccccc6c5nc4c(-c4ccc(N(c5ccc(C(C)(C)CCCC)cc5)c5ccc(C(C)(C)CCCC)cc5)cc4)c4[n-][s+]nc34)cc2)c2ccc(C(C)(C)CCCC)cc2)cc1. The monoisotopic (exact) mass is 1220 g/mol. The summed E-state index contributed by atoms with van der Waals surface area (Å²) >= 11 is 1.25. The molecule has 0 atom stereocenters. The van der Waals surface area contributed by atoms with Crippen molar-refractivity contribution in [2.45, 2.75) is 182 Å². The van der Waals surface area contributed by atoms with Crippen molar-refractivity contribution in [1.82, 2.24) is 18.7 Å². The predicted molar refractivity (Wildman–Crippen MR) is 393 cm³/mol. The predicted octanol–water partition coefficient (Wildman–Crippen LogP) is 25.1. The first-order valence-electron chi connectivity index (χ1n) is 33.9.